The quantitative estimate of drug-likeness (QED) is 0.565. The van der Waals surface area contributed by atoms with Gasteiger partial charge < -0.3 is 19.7 Å². The summed E-state index contributed by atoms with van der Waals surface area (Å²) in [4.78, 5) is 22.7. The number of carboxylic acids is 1. The number of benzene rings is 2. The molecule has 0 bridgehead atoms. The zero-order chi connectivity index (χ0) is 18.2. The predicted molar refractivity (Wildman–Crippen MR) is 92.2 cm³/mol. The van der Waals surface area contributed by atoms with Crippen LogP contribution in [-0.4, -0.2) is 35.7 Å². The Hall–Kier alpha value is -3.28. The van der Waals surface area contributed by atoms with E-state index >= 15 is 0 Å². The molecule has 25 heavy (non-hydrogen) atoms. The zero-order valence-corrected chi connectivity index (χ0v) is 13.6. The van der Waals surface area contributed by atoms with Crippen molar-refractivity contribution in [1.82, 2.24) is 0 Å². The van der Waals surface area contributed by atoms with Gasteiger partial charge in [-0.15, -0.1) is 0 Å². The summed E-state index contributed by atoms with van der Waals surface area (Å²) >= 11 is 0. The minimum absolute atomic E-state index is 0.0331. The van der Waals surface area contributed by atoms with Gasteiger partial charge >= 0.3 is 5.97 Å². The Kier molecular flexibility index (Phi) is 6.17. The SMILES string of the molecule is COc1cc(C(=O)/C=C/c2cccc(OCCC(=O)O)c2)ccc1O. The topological polar surface area (TPSA) is 93.1 Å². The number of methoxy groups -OCH3 is 1. The third kappa shape index (κ3) is 5.39. The fraction of sp³-hybridized carbons (Fsp3) is 0.158. The van der Waals surface area contributed by atoms with Gasteiger partial charge in [-0.2, -0.15) is 0 Å². The number of allylic oxidation sites excluding steroid dienone is 1. The highest BCUT2D eigenvalue weighted by atomic mass is 16.5. The molecule has 2 aromatic carbocycles. The van der Waals surface area contributed by atoms with Crippen LogP contribution in [0.25, 0.3) is 6.08 Å². The molecule has 2 N–H and O–H groups in total. The summed E-state index contributed by atoms with van der Waals surface area (Å²) in [7, 11) is 1.41. The average Bonchev–Trinajstić information content (AvgIpc) is 2.60. The molecule has 0 amide bonds. The molecule has 2 rings (SSSR count). The number of carboxylic acid groups (broad SMARTS) is 1. The Labute approximate surface area is 144 Å². The van der Waals surface area contributed by atoms with Crippen molar-refractivity contribution in [3.05, 3.63) is 59.7 Å². The standard InChI is InChI=1S/C19H18O6/c1-24-18-12-14(6-8-17(18)21)16(20)7-5-13-3-2-4-15(11-13)25-10-9-19(22)23/h2-8,11-12,21H,9-10H2,1H3,(H,22,23)/b7-5+. The van der Waals surface area contributed by atoms with Crippen molar-refractivity contribution in [3.63, 3.8) is 0 Å². The summed E-state index contributed by atoms with van der Waals surface area (Å²) in [5.41, 5.74) is 1.13. The molecule has 0 aliphatic rings. The van der Waals surface area contributed by atoms with Crippen molar-refractivity contribution < 1.29 is 29.3 Å². The molecule has 0 spiro atoms. The molecule has 0 heterocycles. The molecule has 0 saturated heterocycles. The predicted octanol–water partition coefficient (Wildman–Crippen LogP) is 3.15. The van der Waals surface area contributed by atoms with Gasteiger partial charge in [0.25, 0.3) is 0 Å². The molecule has 0 saturated carbocycles. The number of hydrogen-bond acceptors (Lipinski definition) is 5. The molecule has 0 aliphatic heterocycles. The minimum Gasteiger partial charge on any atom is -0.504 e. The van der Waals surface area contributed by atoms with Crippen LogP contribution in [0.15, 0.2) is 48.5 Å². The lowest BCUT2D eigenvalue weighted by Crippen LogP contribution is -2.04. The van der Waals surface area contributed by atoms with Crippen molar-refractivity contribution in [2.24, 2.45) is 0 Å². The summed E-state index contributed by atoms with van der Waals surface area (Å²) in [6.07, 6.45) is 2.95. The molecule has 130 valence electrons. The molecule has 0 aliphatic carbocycles. The van der Waals surface area contributed by atoms with E-state index in [1.54, 1.807) is 30.3 Å². The Balaban J connectivity index is 2.05. The highest BCUT2D eigenvalue weighted by Crippen LogP contribution is 2.26. The Morgan fingerprint density at radius 2 is 1.96 bits per heavy atom. The van der Waals surface area contributed by atoms with E-state index in [0.29, 0.717) is 11.3 Å². The molecule has 0 radical (unpaired) electrons. The summed E-state index contributed by atoms with van der Waals surface area (Å²) in [6.45, 7) is 0.0781. The number of phenolic OH excluding ortho intramolecular Hbond substituents is 1. The number of aliphatic carboxylic acids is 1. The summed E-state index contributed by atoms with van der Waals surface area (Å²) in [5.74, 6) is -0.439. The third-order valence-electron chi connectivity index (χ3n) is 3.33. The molecule has 0 aromatic heterocycles. The Morgan fingerprint density at radius 1 is 1.16 bits per heavy atom. The first-order valence-electron chi connectivity index (χ1n) is 7.53. The monoisotopic (exact) mass is 342 g/mol. The van der Waals surface area contributed by atoms with Crippen LogP contribution in [0.3, 0.4) is 0 Å². The molecule has 0 unspecified atom stereocenters. The summed E-state index contributed by atoms with van der Waals surface area (Å²) in [5, 5.41) is 18.2. The number of rotatable bonds is 8. The van der Waals surface area contributed by atoms with Gasteiger partial charge in [0.1, 0.15) is 5.75 Å². The van der Waals surface area contributed by atoms with E-state index in [9.17, 15) is 14.7 Å². The molecular formula is C19H18O6. The first-order valence-corrected chi connectivity index (χ1v) is 7.53. The number of ketones is 1. The van der Waals surface area contributed by atoms with Crippen molar-refractivity contribution in [2.45, 2.75) is 6.42 Å². The number of carbonyl (C=O) groups is 2. The largest absolute Gasteiger partial charge is 0.504 e. The van der Waals surface area contributed by atoms with E-state index in [1.807, 2.05) is 0 Å². The minimum atomic E-state index is -0.925. The number of aromatic hydroxyl groups is 1. The molecule has 0 fully saturated rings. The summed E-state index contributed by atoms with van der Waals surface area (Å²) < 4.78 is 10.3. The van der Waals surface area contributed by atoms with Crippen molar-refractivity contribution in [2.75, 3.05) is 13.7 Å². The van der Waals surface area contributed by atoms with E-state index < -0.39 is 5.97 Å². The maximum atomic E-state index is 12.2. The van der Waals surface area contributed by atoms with Crippen LogP contribution in [0.4, 0.5) is 0 Å². The maximum Gasteiger partial charge on any atom is 0.306 e. The smallest absolute Gasteiger partial charge is 0.306 e. The van der Waals surface area contributed by atoms with Crippen LogP contribution < -0.4 is 9.47 Å². The summed E-state index contributed by atoms with van der Waals surface area (Å²) in [6, 6.07) is 11.4. The third-order valence-corrected chi connectivity index (χ3v) is 3.33. The molecular weight excluding hydrogens is 324 g/mol. The van der Waals surface area contributed by atoms with Gasteiger partial charge in [-0.25, -0.2) is 0 Å². The highest BCUT2D eigenvalue weighted by molar-refractivity contribution is 6.07. The van der Waals surface area contributed by atoms with Crippen LogP contribution >= 0.6 is 0 Å². The second-order valence-electron chi connectivity index (χ2n) is 5.15. The zero-order valence-electron chi connectivity index (χ0n) is 13.6. The van der Waals surface area contributed by atoms with E-state index in [4.69, 9.17) is 14.6 Å². The van der Waals surface area contributed by atoms with Gasteiger partial charge in [-0.1, -0.05) is 18.2 Å². The molecule has 0 atom stereocenters. The van der Waals surface area contributed by atoms with E-state index in [0.717, 1.165) is 5.56 Å². The van der Waals surface area contributed by atoms with Crippen LogP contribution in [0.2, 0.25) is 0 Å². The van der Waals surface area contributed by atoms with Gasteiger partial charge in [-0.05, 0) is 42.0 Å². The van der Waals surface area contributed by atoms with Crippen LogP contribution in [-0.2, 0) is 4.79 Å². The van der Waals surface area contributed by atoms with E-state index in [2.05, 4.69) is 0 Å². The lowest BCUT2D eigenvalue weighted by atomic mass is 10.1. The number of carbonyl (C=O) groups excluding carboxylic acids is 1. The van der Waals surface area contributed by atoms with Gasteiger partial charge in [0.2, 0.25) is 0 Å². The fourth-order valence-electron chi connectivity index (χ4n) is 2.06. The fourth-order valence-corrected chi connectivity index (χ4v) is 2.06. The molecule has 6 heteroatoms. The molecule has 2 aromatic rings. The van der Waals surface area contributed by atoms with Crippen LogP contribution in [0, 0.1) is 0 Å². The van der Waals surface area contributed by atoms with Crippen LogP contribution in [0.1, 0.15) is 22.3 Å². The van der Waals surface area contributed by atoms with E-state index in [1.165, 1.54) is 31.4 Å². The number of phenols is 1. The maximum absolute atomic E-state index is 12.2. The van der Waals surface area contributed by atoms with Gasteiger partial charge in [-0.3, -0.25) is 9.59 Å². The van der Waals surface area contributed by atoms with Gasteiger partial charge in [0, 0.05) is 5.56 Å². The van der Waals surface area contributed by atoms with Gasteiger partial charge in [0.15, 0.2) is 17.3 Å². The Morgan fingerprint density at radius 3 is 2.68 bits per heavy atom. The van der Waals surface area contributed by atoms with Crippen molar-refractivity contribution in [3.8, 4) is 17.2 Å². The first kappa shape index (κ1) is 18.1. The van der Waals surface area contributed by atoms with Crippen LogP contribution in [0.5, 0.6) is 17.2 Å². The Bertz CT molecular complexity index is 794. The van der Waals surface area contributed by atoms with Crippen molar-refractivity contribution in [1.29, 1.82) is 0 Å². The lowest BCUT2D eigenvalue weighted by Gasteiger charge is -2.05. The number of ether oxygens (including phenoxy) is 2. The first-order chi connectivity index (χ1) is 12.0. The second-order valence-corrected chi connectivity index (χ2v) is 5.15. The second kappa shape index (κ2) is 8.54. The normalized spacial score (nSPS) is 10.6. The lowest BCUT2D eigenvalue weighted by molar-refractivity contribution is -0.137. The van der Waals surface area contributed by atoms with Gasteiger partial charge in [0.05, 0.1) is 20.1 Å². The molecule has 6 nitrogen and oxygen atoms in total. The number of hydrogen-bond donors (Lipinski definition) is 2. The van der Waals surface area contributed by atoms with Crippen molar-refractivity contribution >= 4 is 17.8 Å². The van der Waals surface area contributed by atoms with E-state index in [-0.39, 0.29) is 30.3 Å². The average molecular weight is 342 g/mol. The highest BCUT2D eigenvalue weighted by Gasteiger charge is 2.07.